The van der Waals surface area contributed by atoms with Gasteiger partial charge in [0.2, 0.25) is 0 Å². The van der Waals surface area contributed by atoms with Crippen molar-refractivity contribution in [3.8, 4) is 0 Å². The van der Waals surface area contributed by atoms with E-state index in [1.165, 1.54) is 7.11 Å². The van der Waals surface area contributed by atoms with Crippen molar-refractivity contribution in [2.24, 2.45) is 11.8 Å². The van der Waals surface area contributed by atoms with E-state index in [0.29, 0.717) is 18.6 Å². The maximum Gasteiger partial charge on any atom is 0.305 e. The number of hydrogen-bond donors (Lipinski definition) is 0. The van der Waals surface area contributed by atoms with Gasteiger partial charge >= 0.3 is 5.97 Å². The Bertz CT molecular complexity index is 752. The van der Waals surface area contributed by atoms with Crippen molar-refractivity contribution in [1.29, 1.82) is 0 Å². The van der Waals surface area contributed by atoms with Crippen LogP contribution < -0.4 is 0 Å². The minimum atomic E-state index is -1.75. The molecule has 3 unspecified atom stereocenters. The lowest BCUT2D eigenvalue weighted by molar-refractivity contribution is -0.192. The molecule has 2 rings (SSSR count). The minimum Gasteiger partial charge on any atom is -0.469 e. The highest BCUT2D eigenvalue weighted by atomic mass is 28.4. The molecule has 1 saturated heterocycles. The van der Waals surface area contributed by atoms with Crippen molar-refractivity contribution in [3.63, 3.8) is 0 Å². The molecule has 0 bridgehead atoms. The van der Waals surface area contributed by atoms with Crippen LogP contribution >= 0.6 is 0 Å². The Hall–Kier alpha value is -1.02. The van der Waals surface area contributed by atoms with Crippen LogP contribution in [0, 0.1) is 11.8 Å². The molecule has 40 heavy (non-hydrogen) atoms. The molecule has 7 heteroatoms. The summed E-state index contributed by atoms with van der Waals surface area (Å²) in [6.45, 7) is 12.2. The van der Waals surface area contributed by atoms with Crippen molar-refractivity contribution < 1.29 is 28.2 Å². The van der Waals surface area contributed by atoms with Gasteiger partial charge in [-0.3, -0.25) is 9.59 Å². The van der Waals surface area contributed by atoms with Crippen molar-refractivity contribution in [2.45, 2.75) is 161 Å². The van der Waals surface area contributed by atoms with E-state index in [2.05, 4.69) is 46.8 Å². The lowest BCUT2D eigenvalue weighted by Crippen LogP contribution is -2.45. The number of methoxy groups -OCH3 is 1. The molecule has 5 atom stereocenters. The average Bonchev–Trinajstić information content (AvgIpc) is 3.26. The number of rotatable bonds is 20. The summed E-state index contributed by atoms with van der Waals surface area (Å²) >= 11 is 0. The summed E-state index contributed by atoms with van der Waals surface area (Å²) in [5.41, 5.74) is -0.165. The Morgan fingerprint density at radius 3 is 2.40 bits per heavy atom. The van der Waals surface area contributed by atoms with Crippen molar-refractivity contribution >= 4 is 20.1 Å². The van der Waals surface area contributed by atoms with E-state index in [-0.39, 0.29) is 35.8 Å². The molecule has 1 heterocycles. The molecule has 2 aliphatic rings. The average molecular weight is 581 g/mol. The van der Waals surface area contributed by atoms with Gasteiger partial charge in [-0.2, -0.15) is 0 Å². The first-order chi connectivity index (χ1) is 19.2. The fourth-order valence-electron chi connectivity index (χ4n) is 6.52. The molecule has 1 saturated carbocycles. The molecule has 0 aromatic heterocycles. The zero-order valence-corrected chi connectivity index (χ0v) is 27.6. The van der Waals surface area contributed by atoms with Crippen LogP contribution in [-0.2, 0) is 28.2 Å². The second kappa shape index (κ2) is 18.5. The summed E-state index contributed by atoms with van der Waals surface area (Å²) < 4.78 is 24.2. The van der Waals surface area contributed by atoms with Crippen molar-refractivity contribution in [3.05, 3.63) is 12.2 Å². The highest BCUT2D eigenvalue weighted by Gasteiger charge is 2.43. The molecule has 0 radical (unpaired) electrons. The van der Waals surface area contributed by atoms with Crippen LogP contribution in [0.25, 0.3) is 0 Å². The quantitative estimate of drug-likeness (QED) is 0.0622. The summed E-state index contributed by atoms with van der Waals surface area (Å²) in [7, 11) is -0.311. The highest BCUT2D eigenvalue weighted by molar-refractivity contribution is 6.73. The number of ketones is 1. The van der Waals surface area contributed by atoms with Crippen LogP contribution in [0.3, 0.4) is 0 Å². The topological polar surface area (TPSA) is 71.1 Å². The fraction of sp³-hybridized carbons (Fsp3) is 0.879. The van der Waals surface area contributed by atoms with Crippen LogP contribution in [0.1, 0.15) is 125 Å². The molecular formula is C33H60O6Si. The van der Waals surface area contributed by atoms with Crippen LogP contribution in [0.15, 0.2) is 12.2 Å². The van der Waals surface area contributed by atoms with E-state index in [1.54, 1.807) is 0 Å². The Morgan fingerprint density at radius 2 is 1.77 bits per heavy atom. The van der Waals surface area contributed by atoms with Crippen molar-refractivity contribution in [2.75, 3.05) is 13.7 Å². The summed E-state index contributed by atoms with van der Waals surface area (Å²) in [4.78, 5) is 24.6. The van der Waals surface area contributed by atoms with Crippen LogP contribution in [0.2, 0.25) is 18.1 Å². The van der Waals surface area contributed by atoms with Crippen LogP contribution in [0.5, 0.6) is 0 Å². The number of esters is 1. The van der Waals surface area contributed by atoms with Gasteiger partial charge in [0, 0.05) is 31.3 Å². The van der Waals surface area contributed by atoms with Gasteiger partial charge in [-0.05, 0) is 70.0 Å². The number of unbranched alkanes of at least 4 members (excludes halogenated alkanes) is 4. The molecule has 0 aromatic carbocycles. The van der Waals surface area contributed by atoms with Crippen molar-refractivity contribution in [1.82, 2.24) is 0 Å². The predicted octanol–water partition coefficient (Wildman–Crippen LogP) is 8.53. The predicted molar refractivity (Wildman–Crippen MR) is 165 cm³/mol. The third-order valence-electron chi connectivity index (χ3n) is 9.41. The highest BCUT2D eigenvalue weighted by Crippen LogP contribution is 2.39. The minimum absolute atomic E-state index is 0.0105. The lowest BCUT2D eigenvalue weighted by atomic mass is 9.87. The molecule has 1 aliphatic carbocycles. The summed E-state index contributed by atoms with van der Waals surface area (Å²) in [5.74, 6) is 0.245. The number of carbonyl (C=O) groups excluding carboxylic acids is 2. The Labute approximate surface area is 246 Å². The van der Waals surface area contributed by atoms with E-state index < -0.39 is 8.32 Å². The van der Waals surface area contributed by atoms with E-state index in [0.717, 1.165) is 102 Å². The zero-order valence-electron chi connectivity index (χ0n) is 26.6. The first-order valence-corrected chi connectivity index (χ1v) is 19.0. The maximum absolute atomic E-state index is 13.3. The molecule has 0 aromatic rings. The first kappa shape index (κ1) is 35.2. The molecule has 0 spiro atoms. The van der Waals surface area contributed by atoms with Gasteiger partial charge in [0.05, 0.1) is 18.8 Å². The third-order valence-corrected chi connectivity index (χ3v) is 14.2. The smallest absolute Gasteiger partial charge is 0.305 e. The second-order valence-electron chi connectivity index (χ2n) is 12.4. The molecular weight excluding hydrogens is 520 g/mol. The van der Waals surface area contributed by atoms with Gasteiger partial charge in [0.15, 0.2) is 14.6 Å². The molecule has 2 fully saturated rings. The van der Waals surface area contributed by atoms with Gasteiger partial charge < -0.3 is 18.6 Å². The van der Waals surface area contributed by atoms with E-state index in [4.69, 9.17) is 18.6 Å². The van der Waals surface area contributed by atoms with Crippen LogP contribution in [-0.4, -0.2) is 51.8 Å². The van der Waals surface area contributed by atoms with Crippen LogP contribution in [0.4, 0.5) is 0 Å². The first-order valence-electron chi connectivity index (χ1n) is 16.5. The lowest BCUT2D eigenvalue weighted by Gasteiger charge is -2.40. The normalized spacial score (nSPS) is 25.4. The number of hydrogen-bond acceptors (Lipinski definition) is 6. The molecule has 6 nitrogen and oxygen atoms in total. The summed E-state index contributed by atoms with van der Waals surface area (Å²) in [6.07, 6.45) is 17.3. The number of ether oxygens (including phenoxy) is 3. The molecule has 0 amide bonds. The molecule has 232 valence electrons. The maximum atomic E-state index is 13.3. The fourth-order valence-corrected chi connectivity index (χ4v) is 9.69. The van der Waals surface area contributed by atoms with Gasteiger partial charge in [0.1, 0.15) is 5.78 Å². The van der Waals surface area contributed by atoms with E-state index in [1.807, 2.05) is 0 Å². The zero-order chi connectivity index (χ0) is 29.4. The summed E-state index contributed by atoms with van der Waals surface area (Å²) in [5, 5.41) is 0. The molecule has 1 aliphatic heterocycles. The van der Waals surface area contributed by atoms with Gasteiger partial charge in [0.25, 0.3) is 0 Å². The third kappa shape index (κ3) is 11.3. The van der Waals surface area contributed by atoms with Gasteiger partial charge in [-0.15, -0.1) is 0 Å². The van der Waals surface area contributed by atoms with Gasteiger partial charge in [-0.25, -0.2) is 0 Å². The Kier molecular flexibility index (Phi) is 16.3. The van der Waals surface area contributed by atoms with E-state index in [9.17, 15) is 9.59 Å². The Morgan fingerprint density at radius 1 is 1.05 bits per heavy atom. The van der Waals surface area contributed by atoms with E-state index >= 15 is 0 Å². The SMILES string of the molecule is CCCC[C@@](C)(CC=CC1C(O[C@@H]2CCCCO2)CC(=O)C1CCCCCCC(=O)OC)O[Si](CC)(CC)CC. The number of Topliss-reactive ketones (excluding diaryl/α,β-unsaturated/α-hetero) is 1. The number of carbonyl (C=O) groups is 2. The standard InChI is InChI=1S/C33H60O6Si/c1-7-11-23-33(5,39-40(8-2,9-3)10-4)24-18-20-28-27(19-14-12-13-15-21-31(35)36-6)29(34)26-30(28)38-32-22-16-17-25-37-32/h18,20,27-28,30,32H,7-17,19,21-26H2,1-6H3/t27?,28?,30?,32-,33+/m1/s1. The molecule has 0 N–H and O–H groups in total. The monoisotopic (exact) mass is 580 g/mol. The summed E-state index contributed by atoms with van der Waals surface area (Å²) in [6, 6.07) is 3.46. The Balaban J connectivity index is 2.11. The van der Waals surface area contributed by atoms with Gasteiger partial charge in [-0.1, -0.05) is 72.0 Å². The second-order valence-corrected chi connectivity index (χ2v) is 17.1. The largest absolute Gasteiger partial charge is 0.469 e.